The van der Waals surface area contributed by atoms with Gasteiger partial charge in [-0.2, -0.15) is 5.26 Å². The standard InChI is InChI=1S/C15H13N3O2/c1-2-12-7-11(15(19)20)8-14(17-12)18-13-6-4-3-5-10(13)9-16/h3-8H,2H2,1H3,(H,17,18)(H,19,20). The van der Waals surface area contributed by atoms with Crippen molar-refractivity contribution in [3.05, 3.63) is 53.2 Å². The molecule has 0 aliphatic rings. The molecule has 0 aliphatic heterocycles. The molecule has 1 aromatic heterocycles. The number of carboxylic acids is 1. The first-order valence-corrected chi connectivity index (χ1v) is 6.14. The average molecular weight is 267 g/mol. The molecule has 0 fully saturated rings. The number of pyridine rings is 1. The average Bonchev–Trinajstić information content (AvgIpc) is 2.47. The molecule has 0 spiro atoms. The number of nitrogens with one attached hydrogen (secondary N) is 1. The Kier molecular flexibility index (Phi) is 3.96. The van der Waals surface area contributed by atoms with Crippen LogP contribution in [0.2, 0.25) is 0 Å². The lowest BCUT2D eigenvalue weighted by molar-refractivity contribution is 0.0696. The van der Waals surface area contributed by atoms with Crippen molar-refractivity contribution >= 4 is 17.5 Å². The summed E-state index contributed by atoms with van der Waals surface area (Å²) in [4.78, 5) is 15.4. The number of nitrogens with zero attached hydrogens (tertiary/aromatic N) is 2. The molecule has 0 aliphatic carbocycles. The maximum Gasteiger partial charge on any atom is 0.335 e. The van der Waals surface area contributed by atoms with Crippen molar-refractivity contribution in [1.29, 1.82) is 5.26 Å². The first kappa shape index (κ1) is 13.6. The number of carbonyl (C=O) groups is 1. The van der Waals surface area contributed by atoms with Crippen LogP contribution in [-0.2, 0) is 6.42 Å². The predicted octanol–water partition coefficient (Wildman–Crippen LogP) is 2.96. The van der Waals surface area contributed by atoms with Gasteiger partial charge in [0.1, 0.15) is 11.9 Å². The van der Waals surface area contributed by atoms with Crippen molar-refractivity contribution in [3.8, 4) is 6.07 Å². The summed E-state index contributed by atoms with van der Waals surface area (Å²) in [5.41, 5.74) is 1.94. The summed E-state index contributed by atoms with van der Waals surface area (Å²) in [6.45, 7) is 1.90. The summed E-state index contributed by atoms with van der Waals surface area (Å²) in [7, 11) is 0. The van der Waals surface area contributed by atoms with Crippen LogP contribution in [0.1, 0.15) is 28.5 Å². The van der Waals surface area contributed by atoms with Gasteiger partial charge in [-0.3, -0.25) is 0 Å². The van der Waals surface area contributed by atoms with Gasteiger partial charge < -0.3 is 10.4 Å². The Labute approximate surface area is 116 Å². The molecule has 0 saturated carbocycles. The largest absolute Gasteiger partial charge is 0.478 e. The van der Waals surface area contributed by atoms with E-state index in [9.17, 15) is 4.79 Å². The highest BCUT2D eigenvalue weighted by atomic mass is 16.4. The molecule has 1 heterocycles. The van der Waals surface area contributed by atoms with E-state index in [-0.39, 0.29) is 5.56 Å². The number of rotatable bonds is 4. The molecular weight excluding hydrogens is 254 g/mol. The minimum Gasteiger partial charge on any atom is -0.478 e. The molecule has 0 bridgehead atoms. The van der Waals surface area contributed by atoms with Gasteiger partial charge in [0.05, 0.1) is 16.8 Å². The summed E-state index contributed by atoms with van der Waals surface area (Å²) in [6, 6.07) is 12.1. The molecule has 0 saturated heterocycles. The van der Waals surface area contributed by atoms with Gasteiger partial charge >= 0.3 is 5.97 Å². The van der Waals surface area contributed by atoms with Crippen LogP contribution in [0.3, 0.4) is 0 Å². The molecule has 5 heteroatoms. The zero-order chi connectivity index (χ0) is 14.5. The van der Waals surface area contributed by atoms with Crippen molar-refractivity contribution in [3.63, 3.8) is 0 Å². The highest BCUT2D eigenvalue weighted by Gasteiger charge is 2.09. The van der Waals surface area contributed by atoms with E-state index in [1.807, 2.05) is 6.92 Å². The van der Waals surface area contributed by atoms with Crippen LogP contribution in [0.4, 0.5) is 11.5 Å². The Hall–Kier alpha value is -2.87. The van der Waals surface area contributed by atoms with Gasteiger partial charge in [-0.1, -0.05) is 19.1 Å². The van der Waals surface area contributed by atoms with Crippen molar-refractivity contribution < 1.29 is 9.90 Å². The van der Waals surface area contributed by atoms with Crippen LogP contribution >= 0.6 is 0 Å². The fourth-order valence-corrected chi connectivity index (χ4v) is 1.78. The van der Waals surface area contributed by atoms with E-state index >= 15 is 0 Å². The Balaban J connectivity index is 2.40. The monoisotopic (exact) mass is 267 g/mol. The highest BCUT2D eigenvalue weighted by Crippen LogP contribution is 2.20. The van der Waals surface area contributed by atoms with E-state index in [0.29, 0.717) is 29.2 Å². The van der Waals surface area contributed by atoms with E-state index < -0.39 is 5.97 Å². The van der Waals surface area contributed by atoms with Gasteiger partial charge in [-0.05, 0) is 30.7 Å². The summed E-state index contributed by atoms with van der Waals surface area (Å²) in [6.07, 6.45) is 0.635. The lowest BCUT2D eigenvalue weighted by Crippen LogP contribution is -2.04. The Morgan fingerprint density at radius 3 is 2.80 bits per heavy atom. The number of aromatic nitrogens is 1. The second kappa shape index (κ2) is 5.85. The molecule has 0 atom stereocenters. The van der Waals surface area contributed by atoms with E-state index in [2.05, 4.69) is 16.4 Å². The van der Waals surface area contributed by atoms with Gasteiger partial charge in [0.2, 0.25) is 0 Å². The number of aryl methyl sites for hydroxylation is 1. The first-order valence-electron chi connectivity index (χ1n) is 6.14. The van der Waals surface area contributed by atoms with Crippen LogP contribution in [0.25, 0.3) is 0 Å². The van der Waals surface area contributed by atoms with Gasteiger partial charge in [0.15, 0.2) is 0 Å². The Bertz CT molecular complexity index is 690. The van der Waals surface area contributed by atoms with Gasteiger partial charge in [0.25, 0.3) is 0 Å². The zero-order valence-electron chi connectivity index (χ0n) is 10.9. The topological polar surface area (TPSA) is 86.0 Å². The van der Waals surface area contributed by atoms with Crippen molar-refractivity contribution in [2.75, 3.05) is 5.32 Å². The van der Waals surface area contributed by atoms with E-state index in [1.165, 1.54) is 6.07 Å². The Morgan fingerprint density at radius 2 is 2.15 bits per heavy atom. The first-order chi connectivity index (χ1) is 9.63. The van der Waals surface area contributed by atoms with Gasteiger partial charge in [0, 0.05) is 5.69 Å². The highest BCUT2D eigenvalue weighted by molar-refractivity contribution is 5.89. The maximum absolute atomic E-state index is 11.1. The summed E-state index contributed by atoms with van der Waals surface area (Å²) in [5.74, 6) is -0.580. The number of carboxylic acid groups (broad SMARTS) is 1. The van der Waals surface area contributed by atoms with Crippen LogP contribution < -0.4 is 5.32 Å². The van der Waals surface area contributed by atoms with Crippen LogP contribution in [0.15, 0.2) is 36.4 Å². The van der Waals surface area contributed by atoms with Crippen LogP contribution in [0.5, 0.6) is 0 Å². The number of aromatic carboxylic acids is 1. The zero-order valence-corrected chi connectivity index (χ0v) is 10.9. The molecule has 5 nitrogen and oxygen atoms in total. The minimum absolute atomic E-state index is 0.175. The van der Waals surface area contributed by atoms with E-state index in [4.69, 9.17) is 10.4 Å². The molecular formula is C15H13N3O2. The normalized spacial score (nSPS) is 9.80. The second-order valence-electron chi connectivity index (χ2n) is 4.17. The lowest BCUT2D eigenvalue weighted by Gasteiger charge is -2.09. The SMILES string of the molecule is CCc1cc(C(=O)O)cc(Nc2ccccc2C#N)n1. The molecule has 1 aromatic carbocycles. The maximum atomic E-state index is 11.1. The van der Waals surface area contributed by atoms with E-state index in [0.717, 1.165) is 0 Å². The Morgan fingerprint density at radius 1 is 1.40 bits per heavy atom. The second-order valence-corrected chi connectivity index (χ2v) is 4.17. The minimum atomic E-state index is -1.00. The third kappa shape index (κ3) is 2.93. The van der Waals surface area contributed by atoms with Gasteiger partial charge in [-0.25, -0.2) is 9.78 Å². The van der Waals surface area contributed by atoms with E-state index in [1.54, 1.807) is 30.3 Å². The molecule has 100 valence electrons. The van der Waals surface area contributed by atoms with Crippen molar-refractivity contribution in [2.45, 2.75) is 13.3 Å². The van der Waals surface area contributed by atoms with Crippen molar-refractivity contribution in [1.82, 2.24) is 4.98 Å². The number of nitriles is 1. The third-order valence-corrected chi connectivity index (χ3v) is 2.80. The number of para-hydroxylation sites is 1. The molecule has 2 rings (SSSR count). The summed E-state index contributed by atoms with van der Waals surface area (Å²) < 4.78 is 0. The quantitative estimate of drug-likeness (QED) is 0.889. The number of hydrogen-bond acceptors (Lipinski definition) is 4. The van der Waals surface area contributed by atoms with Crippen LogP contribution in [0, 0.1) is 11.3 Å². The summed E-state index contributed by atoms with van der Waals surface area (Å²) in [5, 5.41) is 21.1. The molecule has 2 N–H and O–H groups in total. The fraction of sp³-hybridized carbons (Fsp3) is 0.133. The fourth-order valence-electron chi connectivity index (χ4n) is 1.78. The molecule has 0 amide bonds. The number of benzene rings is 1. The molecule has 0 unspecified atom stereocenters. The number of anilines is 2. The molecule has 20 heavy (non-hydrogen) atoms. The number of hydrogen-bond donors (Lipinski definition) is 2. The third-order valence-electron chi connectivity index (χ3n) is 2.80. The summed E-state index contributed by atoms with van der Waals surface area (Å²) >= 11 is 0. The predicted molar refractivity (Wildman–Crippen MR) is 75.0 cm³/mol. The van der Waals surface area contributed by atoms with Crippen LogP contribution in [-0.4, -0.2) is 16.1 Å². The molecule has 0 radical (unpaired) electrons. The van der Waals surface area contributed by atoms with Crippen molar-refractivity contribution in [2.24, 2.45) is 0 Å². The molecule has 2 aromatic rings. The van der Waals surface area contributed by atoms with Gasteiger partial charge in [-0.15, -0.1) is 0 Å². The smallest absolute Gasteiger partial charge is 0.335 e. The lowest BCUT2D eigenvalue weighted by atomic mass is 10.1.